The SMILES string of the molecule is CC(C)C(N)CC(=O)NCc1cncs1. The maximum atomic E-state index is 11.4. The molecule has 1 unspecified atom stereocenters. The minimum Gasteiger partial charge on any atom is -0.351 e. The van der Waals surface area contributed by atoms with E-state index in [1.807, 2.05) is 13.8 Å². The molecule has 0 bridgehead atoms. The number of thiazole rings is 1. The van der Waals surface area contributed by atoms with Gasteiger partial charge >= 0.3 is 0 Å². The Bertz CT molecular complexity index is 298. The fourth-order valence-corrected chi connectivity index (χ4v) is 1.57. The summed E-state index contributed by atoms with van der Waals surface area (Å²) in [6, 6.07) is -0.0635. The standard InChI is InChI=1S/C10H17N3OS/c1-7(2)9(11)3-10(14)13-5-8-4-12-6-15-8/h4,6-7,9H,3,5,11H2,1-2H3,(H,13,14). The highest BCUT2D eigenvalue weighted by Crippen LogP contribution is 2.05. The van der Waals surface area contributed by atoms with Gasteiger partial charge in [-0.05, 0) is 5.92 Å². The number of hydrogen-bond donors (Lipinski definition) is 2. The monoisotopic (exact) mass is 227 g/mol. The molecular formula is C10H17N3OS. The molecule has 0 spiro atoms. The summed E-state index contributed by atoms with van der Waals surface area (Å²) in [4.78, 5) is 16.4. The van der Waals surface area contributed by atoms with Gasteiger partial charge in [-0.1, -0.05) is 13.8 Å². The first-order valence-electron chi connectivity index (χ1n) is 4.99. The molecule has 3 N–H and O–H groups in total. The lowest BCUT2D eigenvalue weighted by molar-refractivity contribution is -0.121. The number of carbonyl (C=O) groups is 1. The van der Waals surface area contributed by atoms with Crippen LogP contribution >= 0.6 is 11.3 Å². The maximum Gasteiger partial charge on any atom is 0.221 e. The molecule has 0 saturated heterocycles. The molecule has 84 valence electrons. The summed E-state index contributed by atoms with van der Waals surface area (Å²) < 4.78 is 0. The number of nitrogens with zero attached hydrogens (tertiary/aromatic N) is 1. The van der Waals surface area contributed by atoms with E-state index < -0.39 is 0 Å². The summed E-state index contributed by atoms with van der Waals surface area (Å²) in [5, 5.41) is 2.82. The van der Waals surface area contributed by atoms with Crippen molar-refractivity contribution in [2.45, 2.75) is 32.9 Å². The van der Waals surface area contributed by atoms with Crippen LogP contribution in [0.1, 0.15) is 25.1 Å². The molecule has 0 fully saturated rings. The van der Waals surface area contributed by atoms with Gasteiger partial charge in [0, 0.05) is 23.5 Å². The molecule has 0 aliphatic rings. The number of carbonyl (C=O) groups excluding carboxylic acids is 1. The number of nitrogens with two attached hydrogens (primary N) is 1. The summed E-state index contributed by atoms with van der Waals surface area (Å²) in [7, 11) is 0. The van der Waals surface area contributed by atoms with Gasteiger partial charge in [-0.3, -0.25) is 9.78 Å². The third-order valence-corrected chi connectivity index (χ3v) is 3.00. The average Bonchev–Trinajstić information content (AvgIpc) is 2.66. The minimum absolute atomic E-state index is 0.00426. The van der Waals surface area contributed by atoms with Gasteiger partial charge in [-0.25, -0.2) is 0 Å². The second kappa shape index (κ2) is 5.82. The van der Waals surface area contributed by atoms with Gasteiger partial charge in [-0.2, -0.15) is 0 Å². The quantitative estimate of drug-likeness (QED) is 0.792. The largest absolute Gasteiger partial charge is 0.351 e. The maximum absolute atomic E-state index is 11.4. The van der Waals surface area contributed by atoms with E-state index in [4.69, 9.17) is 5.73 Å². The van der Waals surface area contributed by atoms with Crippen LogP contribution in [0.3, 0.4) is 0 Å². The molecule has 0 aromatic carbocycles. The molecule has 5 heteroatoms. The van der Waals surface area contributed by atoms with Gasteiger partial charge in [0.2, 0.25) is 5.91 Å². The van der Waals surface area contributed by atoms with Crippen LogP contribution in [0.15, 0.2) is 11.7 Å². The Kier molecular flexibility index (Phi) is 4.71. The molecule has 1 heterocycles. The summed E-state index contributed by atoms with van der Waals surface area (Å²) in [5.74, 6) is 0.337. The van der Waals surface area contributed by atoms with Crippen LogP contribution in [-0.2, 0) is 11.3 Å². The van der Waals surface area contributed by atoms with Crippen molar-refractivity contribution in [3.8, 4) is 0 Å². The van der Waals surface area contributed by atoms with Crippen LogP contribution in [0.25, 0.3) is 0 Å². The summed E-state index contributed by atoms with van der Waals surface area (Å²) >= 11 is 1.53. The molecule has 1 amide bonds. The number of nitrogens with one attached hydrogen (secondary N) is 1. The number of hydrogen-bond acceptors (Lipinski definition) is 4. The highest BCUT2D eigenvalue weighted by molar-refractivity contribution is 7.09. The second-order valence-corrected chi connectivity index (χ2v) is 4.83. The Labute approximate surface area is 93.9 Å². The van der Waals surface area contributed by atoms with Gasteiger partial charge in [0.05, 0.1) is 12.1 Å². The third-order valence-electron chi connectivity index (χ3n) is 2.22. The van der Waals surface area contributed by atoms with Crippen LogP contribution in [0.5, 0.6) is 0 Å². The fourth-order valence-electron chi connectivity index (χ4n) is 1.04. The molecule has 1 aromatic rings. The van der Waals surface area contributed by atoms with Gasteiger partial charge < -0.3 is 11.1 Å². The third kappa shape index (κ3) is 4.40. The van der Waals surface area contributed by atoms with Crippen molar-refractivity contribution in [1.29, 1.82) is 0 Å². The van der Waals surface area contributed by atoms with Gasteiger partial charge in [0.15, 0.2) is 0 Å². The van der Waals surface area contributed by atoms with Crippen molar-refractivity contribution in [2.24, 2.45) is 11.7 Å². The van der Waals surface area contributed by atoms with E-state index in [1.165, 1.54) is 11.3 Å². The van der Waals surface area contributed by atoms with Crippen LogP contribution < -0.4 is 11.1 Å². The van der Waals surface area contributed by atoms with Gasteiger partial charge in [0.25, 0.3) is 0 Å². The van der Waals surface area contributed by atoms with Crippen molar-refractivity contribution in [2.75, 3.05) is 0 Å². The predicted molar refractivity (Wildman–Crippen MR) is 61.4 cm³/mol. The van der Waals surface area contributed by atoms with E-state index in [0.29, 0.717) is 18.9 Å². The van der Waals surface area contributed by atoms with E-state index in [1.54, 1.807) is 11.7 Å². The lowest BCUT2D eigenvalue weighted by atomic mass is 10.0. The van der Waals surface area contributed by atoms with E-state index >= 15 is 0 Å². The lowest BCUT2D eigenvalue weighted by Crippen LogP contribution is -2.34. The predicted octanol–water partition coefficient (Wildman–Crippen LogP) is 1.13. The van der Waals surface area contributed by atoms with Gasteiger partial charge in [-0.15, -0.1) is 11.3 Å². The normalized spacial score (nSPS) is 12.8. The first kappa shape index (κ1) is 12.1. The molecule has 1 aromatic heterocycles. The Morgan fingerprint density at radius 2 is 2.40 bits per heavy atom. The van der Waals surface area contributed by atoms with E-state index in [2.05, 4.69) is 10.3 Å². The van der Waals surface area contributed by atoms with Crippen molar-refractivity contribution in [3.63, 3.8) is 0 Å². The molecule has 0 aliphatic heterocycles. The van der Waals surface area contributed by atoms with Crippen LogP contribution in [-0.4, -0.2) is 16.9 Å². The molecule has 15 heavy (non-hydrogen) atoms. The minimum atomic E-state index is -0.0635. The zero-order chi connectivity index (χ0) is 11.3. The molecule has 4 nitrogen and oxygen atoms in total. The average molecular weight is 227 g/mol. The fraction of sp³-hybridized carbons (Fsp3) is 0.600. The van der Waals surface area contributed by atoms with Crippen molar-refractivity contribution in [3.05, 3.63) is 16.6 Å². The lowest BCUT2D eigenvalue weighted by Gasteiger charge is -2.14. The summed E-state index contributed by atoms with van der Waals surface area (Å²) in [6.07, 6.45) is 2.14. The topological polar surface area (TPSA) is 68.0 Å². The molecule has 0 aliphatic carbocycles. The van der Waals surface area contributed by atoms with Crippen molar-refractivity contribution < 1.29 is 4.79 Å². The summed E-state index contributed by atoms with van der Waals surface area (Å²) in [5.41, 5.74) is 7.55. The van der Waals surface area contributed by atoms with E-state index in [-0.39, 0.29) is 11.9 Å². The Morgan fingerprint density at radius 3 is 2.93 bits per heavy atom. The second-order valence-electron chi connectivity index (χ2n) is 3.86. The van der Waals surface area contributed by atoms with Crippen LogP contribution in [0.4, 0.5) is 0 Å². The number of aromatic nitrogens is 1. The Balaban J connectivity index is 2.25. The first-order valence-corrected chi connectivity index (χ1v) is 5.87. The molecule has 0 saturated carbocycles. The highest BCUT2D eigenvalue weighted by Gasteiger charge is 2.12. The Morgan fingerprint density at radius 1 is 1.67 bits per heavy atom. The number of rotatable bonds is 5. The van der Waals surface area contributed by atoms with Crippen LogP contribution in [0.2, 0.25) is 0 Å². The zero-order valence-electron chi connectivity index (χ0n) is 9.06. The van der Waals surface area contributed by atoms with Crippen molar-refractivity contribution >= 4 is 17.2 Å². The van der Waals surface area contributed by atoms with Crippen molar-refractivity contribution in [1.82, 2.24) is 10.3 Å². The highest BCUT2D eigenvalue weighted by atomic mass is 32.1. The zero-order valence-corrected chi connectivity index (χ0v) is 9.88. The van der Waals surface area contributed by atoms with E-state index in [0.717, 1.165) is 4.88 Å². The van der Waals surface area contributed by atoms with Gasteiger partial charge in [0.1, 0.15) is 0 Å². The molecule has 1 rings (SSSR count). The number of amides is 1. The van der Waals surface area contributed by atoms with E-state index in [9.17, 15) is 4.79 Å². The summed E-state index contributed by atoms with van der Waals surface area (Å²) in [6.45, 7) is 4.58. The first-order chi connectivity index (χ1) is 7.09. The Hall–Kier alpha value is -0.940. The van der Waals surface area contributed by atoms with Crippen LogP contribution in [0, 0.1) is 5.92 Å². The molecule has 0 radical (unpaired) electrons. The molecular weight excluding hydrogens is 210 g/mol. The smallest absolute Gasteiger partial charge is 0.221 e. The molecule has 1 atom stereocenters.